The zero-order chi connectivity index (χ0) is 4.71. The molecule has 0 aromatic rings. The van der Waals surface area contributed by atoms with Crippen molar-refractivity contribution in [2.75, 3.05) is 0 Å². The summed E-state index contributed by atoms with van der Waals surface area (Å²) in [4.78, 5) is 0. The molecular formula is C4H4N-. The SMILES string of the molecule is C#CC.[C-]#N. The molecule has 5 heavy (non-hydrogen) atoms. The number of terminal acetylenes is 1. The van der Waals surface area contributed by atoms with Crippen molar-refractivity contribution in [1.29, 1.82) is 5.26 Å². The van der Waals surface area contributed by atoms with Crippen LogP contribution in [0, 0.1) is 24.2 Å². The monoisotopic (exact) mass is 66.0 g/mol. The first-order valence-corrected chi connectivity index (χ1v) is 1.01. The van der Waals surface area contributed by atoms with Crippen LogP contribution in [-0.4, -0.2) is 0 Å². The smallest absolute Gasteiger partial charge is 0.00297 e. The van der Waals surface area contributed by atoms with E-state index in [4.69, 9.17) is 11.8 Å². The molecule has 0 spiro atoms. The first kappa shape index (κ1) is 8.96. The standard InChI is InChI=1S/C3H4.CN/c1-3-2;1-2/h1H,2H3;/q;-1. The van der Waals surface area contributed by atoms with E-state index in [1.807, 2.05) is 0 Å². The summed E-state index contributed by atoms with van der Waals surface area (Å²) in [5.41, 5.74) is 0. The summed E-state index contributed by atoms with van der Waals surface area (Å²) in [7, 11) is 0. The highest BCUT2D eigenvalue weighted by molar-refractivity contribution is 4.73. The molecule has 0 N–H and O–H groups in total. The predicted octanol–water partition coefficient (Wildman–Crippen LogP) is 0.736. The second-order valence-electron chi connectivity index (χ2n) is 0.289. The molecule has 0 rings (SSSR count). The molecule has 0 saturated carbocycles. The van der Waals surface area contributed by atoms with Gasteiger partial charge in [-0.1, -0.05) is 0 Å². The van der Waals surface area contributed by atoms with E-state index in [0.29, 0.717) is 0 Å². The summed E-state index contributed by atoms with van der Waals surface area (Å²) in [6, 6.07) is 0. The van der Waals surface area contributed by atoms with Gasteiger partial charge in [0.2, 0.25) is 0 Å². The zero-order valence-corrected chi connectivity index (χ0v) is 3.02. The fraction of sp³-hybridized carbons (Fsp3) is 0.250. The number of hydrogen-bond acceptors (Lipinski definition) is 1. The van der Waals surface area contributed by atoms with Gasteiger partial charge in [-0.3, -0.25) is 0 Å². The van der Waals surface area contributed by atoms with Crippen molar-refractivity contribution in [3.8, 4) is 12.3 Å². The Balaban J connectivity index is 0. The summed E-state index contributed by atoms with van der Waals surface area (Å²) >= 11 is 0. The van der Waals surface area contributed by atoms with E-state index in [-0.39, 0.29) is 0 Å². The van der Waals surface area contributed by atoms with Crippen molar-refractivity contribution < 1.29 is 0 Å². The molecule has 0 heterocycles. The van der Waals surface area contributed by atoms with E-state index in [9.17, 15) is 0 Å². The Kier molecular flexibility index (Phi) is 9190. The first-order chi connectivity index (χ1) is 2.41. The van der Waals surface area contributed by atoms with Crippen molar-refractivity contribution >= 4 is 0 Å². The van der Waals surface area contributed by atoms with Crippen LogP contribution in [0.5, 0.6) is 0 Å². The molecule has 0 aliphatic heterocycles. The average molecular weight is 66.1 g/mol. The van der Waals surface area contributed by atoms with E-state index in [2.05, 4.69) is 12.3 Å². The average Bonchev–Trinajstić information content (AvgIpc) is 1.46. The fourth-order valence-corrected chi connectivity index (χ4v) is 0. The van der Waals surface area contributed by atoms with E-state index in [0.717, 1.165) is 0 Å². The van der Waals surface area contributed by atoms with E-state index >= 15 is 0 Å². The van der Waals surface area contributed by atoms with Gasteiger partial charge in [0, 0.05) is 0 Å². The van der Waals surface area contributed by atoms with Gasteiger partial charge in [0.05, 0.1) is 0 Å². The highest BCUT2D eigenvalue weighted by atomic mass is 14.2. The van der Waals surface area contributed by atoms with Crippen LogP contribution in [0.15, 0.2) is 0 Å². The lowest BCUT2D eigenvalue weighted by Gasteiger charge is -1.23. The van der Waals surface area contributed by atoms with Crippen molar-refractivity contribution in [2.24, 2.45) is 0 Å². The Morgan fingerprint density at radius 1 is 1.80 bits per heavy atom. The summed E-state index contributed by atoms with van der Waals surface area (Å²) in [5.74, 6) is 2.25. The molecule has 0 aromatic heterocycles. The molecule has 0 aromatic carbocycles. The molecule has 0 fully saturated rings. The molecule has 0 saturated heterocycles. The minimum atomic E-state index is 1.65. The molecular weight excluding hydrogens is 62.1 g/mol. The van der Waals surface area contributed by atoms with Crippen LogP contribution < -0.4 is 0 Å². The molecule has 0 unspecified atom stereocenters. The summed E-state index contributed by atoms with van der Waals surface area (Å²) < 4.78 is 0. The quantitative estimate of drug-likeness (QED) is 0.302. The molecule has 26 valence electrons. The minimum absolute atomic E-state index is 1.65. The topological polar surface area (TPSA) is 23.8 Å². The Morgan fingerprint density at radius 2 is 1.80 bits per heavy atom. The minimum Gasteiger partial charge on any atom is -0.512 e. The van der Waals surface area contributed by atoms with Crippen molar-refractivity contribution in [2.45, 2.75) is 6.92 Å². The van der Waals surface area contributed by atoms with Crippen LogP contribution >= 0.6 is 0 Å². The van der Waals surface area contributed by atoms with Crippen LogP contribution in [0.25, 0.3) is 0 Å². The largest absolute Gasteiger partial charge is 0.512 e. The summed E-state index contributed by atoms with van der Waals surface area (Å²) in [5, 5.41) is 6.25. The molecule has 0 aliphatic carbocycles. The van der Waals surface area contributed by atoms with Gasteiger partial charge in [0.25, 0.3) is 0 Å². The van der Waals surface area contributed by atoms with Gasteiger partial charge in [-0.2, -0.15) is 0 Å². The lowest BCUT2D eigenvalue weighted by molar-refractivity contribution is 1.53. The van der Waals surface area contributed by atoms with Crippen molar-refractivity contribution in [3.63, 3.8) is 0 Å². The Hall–Kier alpha value is -0.950. The maximum Gasteiger partial charge on any atom is -0.00297 e. The zero-order valence-electron chi connectivity index (χ0n) is 3.02. The highest BCUT2D eigenvalue weighted by Crippen LogP contribution is 1.21. The number of nitrogens with zero attached hydrogens (tertiary/aromatic N) is 1. The van der Waals surface area contributed by atoms with Gasteiger partial charge in [-0.15, -0.1) is 12.3 Å². The molecule has 0 bridgehead atoms. The molecule has 1 heteroatoms. The molecule has 0 atom stereocenters. The third-order valence-corrected chi connectivity index (χ3v) is 0. The van der Waals surface area contributed by atoms with Gasteiger partial charge in [-0.05, 0) is 6.92 Å². The van der Waals surface area contributed by atoms with Gasteiger partial charge in [0.1, 0.15) is 0 Å². The Bertz CT molecular complexity index is 46.4. The Labute approximate surface area is 32.2 Å². The molecule has 0 radical (unpaired) electrons. The van der Waals surface area contributed by atoms with Crippen LogP contribution in [0.3, 0.4) is 0 Å². The van der Waals surface area contributed by atoms with E-state index in [1.165, 1.54) is 0 Å². The molecule has 0 amide bonds. The second kappa shape index (κ2) is 5130. The van der Waals surface area contributed by atoms with Gasteiger partial charge in [0.15, 0.2) is 0 Å². The summed E-state index contributed by atoms with van der Waals surface area (Å²) in [6.45, 7) is 6.40. The second-order valence-corrected chi connectivity index (χ2v) is 0.289. The van der Waals surface area contributed by atoms with Crippen molar-refractivity contribution in [3.05, 3.63) is 6.57 Å². The third kappa shape index (κ3) is 3.73. The fourth-order valence-electron chi connectivity index (χ4n) is 0. The normalized spacial score (nSPS) is 2.00. The first-order valence-electron chi connectivity index (χ1n) is 1.01. The maximum atomic E-state index is 6.25. The lowest BCUT2D eigenvalue weighted by atomic mass is 10.9. The maximum absolute atomic E-state index is 6.25. The highest BCUT2D eigenvalue weighted by Gasteiger charge is 1.09. The predicted molar refractivity (Wildman–Crippen MR) is 19.5 cm³/mol. The third-order valence-electron chi connectivity index (χ3n) is 0. The van der Waals surface area contributed by atoms with Crippen LogP contribution in [0.1, 0.15) is 6.92 Å². The number of hydrogen-bond donors (Lipinski definition) is 0. The van der Waals surface area contributed by atoms with E-state index < -0.39 is 0 Å². The molecule has 0 aliphatic rings. The van der Waals surface area contributed by atoms with Crippen LogP contribution in [0.2, 0.25) is 0 Å². The van der Waals surface area contributed by atoms with Crippen LogP contribution in [0.4, 0.5) is 0 Å². The Morgan fingerprint density at radius 3 is 1.80 bits per heavy atom. The molecule has 1 nitrogen and oxygen atoms in total. The number of rotatable bonds is 0. The van der Waals surface area contributed by atoms with Gasteiger partial charge >= 0.3 is 0 Å². The summed E-state index contributed by atoms with van der Waals surface area (Å²) in [6.07, 6.45) is 4.60. The lowest BCUT2D eigenvalue weighted by Crippen LogP contribution is -1.10. The van der Waals surface area contributed by atoms with Crippen molar-refractivity contribution in [1.82, 2.24) is 0 Å². The van der Waals surface area contributed by atoms with E-state index in [1.54, 1.807) is 6.92 Å². The van der Waals surface area contributed by atoms with Crippen LogP contribution in [-0.2, 0) is 0 Å². The van der Waals surface area contributed by atoms with Gasteiger partial charge in [-0.25, -0.2) is 0 Å². The van der Waals surface area contributed by atoms with Gasteiger partial charge < -0.3 is 11.8 Å².